The fourth-order valence-corrected chi connectivity index (χ4v) is 3.82. The number of likely N-dealkylation sites (tertiary alicyclic amines) is 1. The molecule has 0 unspecified atom stereocenters. The van der Waals surface area contributed by atoms with Crippen LogP contribution in [-0.4, -0.2) is 41.1 Å². The summed E-state index contributed by atoms with van der Waals surface area (Å²) in [6, 6.07) is 9.49. The standard InChI is InChI=1S/C24H29NO4/c1-17-7-6-8-18(13-17)9-10-21(27)23-22(29-2)14-19(16-26)20(24(23)28)15-25-11-4-3-5-12-25/h6-10,13-14,26,28H,3-5,11-12,15-16H2,1-2H3. The highest BCUT2D eigenvalue weighted by molar-refractivity contribution is 6.10. The van der Waals surface area contributed by atoms with Crippen LogP contribution in [0.25, 0.3) is 6.08 Å². The van der Waals surface area contributed by atoms with Crippen LogP contribution < -0.4 is 4.74 Å². The molecule has 154 valence electrons. The van der Waals surface area contributed by atoms with Crippen molar-refractivity contribution >= 4 is 11.9 Å². The van der Waals surface area contributed by atoms with E-state index < -0.39 is 0 Å². The maximum atomic E-state index is 12.9. The Morgan fingerprint density at radius 2 is 1.97 bits per heavy atom. The Morgan fingerprint density at radius 1 is 1.21 bits per heavy atom. The number of allylic oxidation sites excluding steroid dienone is 1. The predicted molar refractivity (Wildman–Crippen MR) is 114 cm³/mol. The number of piperidine rings is 1. The summed E-state index contributed by atoms with van der Waals surface area (Å²) < 4.78 is 5.37. The fourth-order valence-electron chi connectivity index (χ4n) is 3.82. The van der Waals surface area contributed by atoms with Crippen molar-refractivity contribution in [2.75, 3.05) is 20.2 Å². The van der Waals surface area contributed by atoms with Gasteiger partial charge in [0.1, 0.15) is 17.1 Å². The first-order valence-electron chi connectivity index (χ1n) is 10.1. The van der Waals surface area contributed by atoms with Crippen LogP contribution in [0.4, 0.5) is 0 Å². The summed E-state index contributed by atoms with van der Waals surface area (Å²) in [5, 5.41) is 20.8. The minimum absolute atomic E-state index is 0.0992. The minimum atomic E-state index is -0.328. The van der Waals surface area contributed by atoms with Crippen molar-refractivity contribution in [3.8, 4) is 11.5 Å². The molecule has 1 fully saturated rings. The minimum Gasteiger partial charge on any atom is -0.507 e. The molecule has 29 heavy (non-hydrogen) atoms. The van der Waals surface area contributed by atoms with Gasteiger partial charge in [-0.15, -0.1) is 0 Å². The van der Waals surface area contributed by atoms with Crippen LogP contribution in [0.15, 0.2) is 36.4 Å². The molecule has 1 heterocycles. The Bertz CT molecular complexity index is 898. The topological polar surface area (TPSA) is 70.0 Å². The monoisotopic (exact) mass is 395 g/mol. The van der Waals surface area contributed by atoms with Gasteiger partial charge >= 0.3 is 0 Å². The first-order chi connectivity index (χ1) is 14.0. The molecular formula is C24H29NO4. The summed E-state index contributed by atoms with van der Waals surface area (Å²) in [7, 11) is 1.46. The van der Waals surface area contributed by atoms with E-state index in [1.807, 2.05) is 31.2 Å². The number of aliphatic hydroxyl groups is 1. The van der Waals surface area contributed by atoms with Gasteiger partial charge in [0.05, 0.1) is 13.7 Å². The van der Waals surface area contributed by atoms with E-state index in [-0.39, 0.29) is 29.5 Å². The first-order valence-corrected chi connectivity index (χ1v) is 10.1. The largest absolute Gasteiger partial charge is 0.507 e. The SMILES string of the molecule is COc1cc(CO)c(CN2CCCCC2)c(O)c1C(=O)C=Cc1cccc(C)c1. The van der Waals surface area contributed by atoms with Crippen molar-refractivity contribution in [1.82, 2.24) is 4.90 Å². The molecule has 2 aromatic rings. The predicted octanol–water partition coefficient (Wildman–Crippen LogP) is 4.08. The van der Waals surface area contributed by atoms with Gasteiger partial charge in [0.25, 0.3) is 0 Å². The van der Waals surface area contributed by atoms with Crippen LogP contribution in [0, 0.1) is 6.92 Å². The average Bonchev–Trinajstić information content (AvgIpc) is 2.74. The zero-order valence-electron chi connectivity index (χ0n) is 17.1. The number of nitrogens with zero attached hydrogens (tertiary/aromatic N) is 1. The number of aliphatic hydroxyl groups excluding tert-OH is 1. The van der Waals surface area contributed by atoms with Crippen LogP contribution in [0.5, 0.6) is 11.5 Å². The van der Waals surface area contributed by atoms with Gasteiger partial charge in [-0.3, -0.25) is 9.69 Å². The van der Waals surface area contributed by atoms with Crippen LogP contribution in [0.3, 0.4) is 0 Å². The average molecular weight is 395 g/mol. The van der Waals surface area contributed by atoms with E-state index in [2.05, 4.69) is 4.90 Å². The van der Waals surface area contributed by atoms with Crippen LogP contribution in [0.1, 0.15) is 51.9 Å². The third-order valence-electron chi connectivity index (χ3n) is 5.40. The van der Waals surface area contributed by atoms with Gasteiger partial charge in [-0.2, -0.15) is 0 Å². The van der Waals surface area contributed by atoms with E-state index in [0.717, 1.165) is 37.1 Å². The lowest BCUT2D eigenvalue weighted by molar-refractivity contribution is 0.104. The van der Waals surface area contributed by atoms with E-state index in [9.17, 15) is 15.0 Å². The number of hydrogen-bond donors (Lipinski definition) is 2. The van der Waals surface area contributed by atoms with Crippen molar-refractivity contribution < 1.29 is 19.7 Å². The molecule has 0 bridgehead atoms. The Balaban J connectivity index is 1.95. The van der Waals surface area contributed by atoms with E-state index in [0.29, 0.717) is 17.7 Å². The summed E-state index contributed by atoms with van der Waals surface area (Å²) in [5.74, 6) is -0.157. The molecule has 2 N–H and O–H groups in total. The summed E-state index contributed by atoms with van der Waals surface area (Å²) >= 11 is 0. The zero-order chi connectivity index (χ0) is 20.8. The van der Waals surface area contributed by atoms with Crippen LogP contribution in [-0.2, 0) is 13.2 Å². The molecule has 1 aliphatic heterocycles. The number of aromatic hydroxyl groups is 1. The second kappa shape index (κ2) is 9.72. The van der Waals surface area contributed by atoms with E-state index in [1.54, 1.807) is 12.1 Å². The van der Waals surface area contributed by atoms with E-state index in [1.165, 1.54) is 19.6 Å². The fraction of sp³-hybridized carbons (Fsp3) is 0.375. The van der Waals surface area contributed by atoms with Crippen LogP contribution in [0.2, 0.25) is 0 Å². The number of carbonyl (C=O) groups excluding carboxylic acids is 1. The van der Waals surface area contributed by atoms with Crippen LogP contribution >= 0.6 is 0 Å². The quantitative estimate of drug-likeness (QED) is 0.546. The van der Waals surface area contributed by atoms with Gasteiger partial charge < -0.3 is 14.9 Å². The second-order valence-corrected chi connectivity index (χ2v) is 7.55. The Morgan fingerprint density at radius 3 is 2.62 bits per heavy atom. The number of methoxy groups -OCH3 is 1. The number of ether oxygens (including phenoxy) is 1. The third kappa shape index (κ3) is 5.05. The van der Waals surface area contributed by atoms with E-state index in [4.69, 9.17) is 4.74 Å². The summed E-state index contributed by atoms with van der Waals surface area (Å²) in [6.07, 6.45) is 6.65. The summed E-state index contributed by atoms with van der Waals surface area (Å²) in [5.41, 5.74) is 3.35. The van der Waals surface area contributed by atoms with Gasteiger partial charge in [0.15, 0.2) is 5.78 Å². The molecule has 0 saturated carbocycles. The number of phenols is 1. The van der Waals surface area contributed by atoms with E-state index >= 15 is 0 Å². The van der Waals surface area contributed by atoms with Gasteiger partial charge in [-0.05, 0) is 56.1 Å². The number of rotatable bonds is 7. The molecule has 2 aromatic carbocycles. The highest BCUT2D eigenvalue weighted by Gasteiger charge is 2.24. The van der Waals surface area contributed by atoms with Crippen molar-refractivity contribution in [3.05, 3.63) is 64.2 Å². The number of ketones is 1. The van der Waals surface area contributed by atoms with Crippen molar-refractivity contribution in [1.29, 1.82) is 0 Å². The summed E-state index contributed by atoms with van der Waals surface area (Å²) in [4.78, 5) is 15.2. The Labute approximate surface area is 172 Å². The maximum absolute atomic E-state index is 12.9. The van der Waals surface area contributed by atoms with Gasteiger partial charge in [0, 0.05) is 12.1 Å². The highest BCUT2D eigenvalue weighted by atomic mass is 16.5. The molecular weight excluding hydrogens is 366 g/mol. The van der Waals surface area contributed by atoms with Gasteiger partial charge in [-0.25, -0.2) is 0 Å². The first kappa shape index (κ1) is 21.1. The molecule has 0 aliphatic carbocycles. The number of phenolic OH excluding ortho intramolecular Hbond substituents is 1. The summed E-state index contributed by atoms with van der Waals surface area (Å²) in [6.45, 7) is 4.18. The molecule has 1 aliphatic rings. The number of benzene rings is 2. The van der Waals surface area contributed by atoms with Crippen molar-refractivity contribution in [2.24, 2.45) is 0 Å². The molecule has 3 rings (SSSR count). The normalized spacial score (nSPS) is 15.0. The van der Waals surface area contributed by atoms with Gasteiger partial charge in [-0.1, -0.05) is 42.3 Å². The zero-order valence-corrected chi connectivity index (χ0v) is 17.1. The Hall–Kier alpha value is -2.63. The molecule has 0 aromatic heterocycles. The van der Waals surface area contributed by atoms with Crippen molar-refractivity contribution in [2.45, 2.75) is 39.3 Å². The molecule has 5 nitrogen and oxygen atoms in total. The Kier molecular flexibility index (Phi) is 7.07. The smallest absolute Gasteiger partial charge is 0.193 e. The van der Waals surface area contributed by atoms with Crippen molar-refractivity contribution in [3.63, 3.8) is 0 Å². The molecule has 0 amide bonds. The lowest BCUT2D eigenvalue weighted by Gasteiger charge is -2.28. The number of hydrogen-bond acceptors (Lipinski definition) is 5. The van der Waals surface area contributed by atoms with Gasteiger partial charge in [0.2, 0.25) is 0 Å². The lowest BCUT2D eigenvalue weighted by atomic mass is 9.97. The number of carbonyl (C=O) groups is 1. The maximum Gasteiger partial charge on any atom is 0.193 e. The highest BCUT2D eigenvalue weighted by Crippen LogP contribution is 2.36. The lowest BCUT2D eigenvalue weighted by Crippen LogP contribution is -2.29. The molecule has 0 spiro atoms. The molecule has 0 radical (unpaired) electrons. The molecule has 5 heteroatoms. The molecule has 0 atom stereocenters. The number of aryl methyl sites for hydroxylation is 1. The third-order valence-corrected chi connectivity index (χ3v) is 5.40. The second-order valence-electron chi connectivity index (χ2n) is 7.55. The molecule has 1 saturated heterocycles.